The van der Waals surface area contributed by atoms with Crippen molar-refractivity contribution in [2.75, 3.05) is 6.54 Å². The van der Waals surface area contributed by atoms with Gasteiger partial charge in [0.1, 0.15) is 5.56 Å². The van der Waals surface area contributed by atoms with Crippen LogP contribution in [0, 0.1) is 0 Å². The van der Waals surface area contributed by atoms with Crippen LogP contribution in [0.3, 0.4) is 0 Å². The van der Waals surface area contributed by atoms with E-state index in [1.165, 1.54) is 6.20 Å². The van der Waals surface area contributed by atoms with E-state index in [0.717, 1.165) is 0 Å². The number of nitrogens with one attached hydrogen (secondary N) is 1. The fourth-order valence-electron chi connectivity index (χ4n) is 1.09. The van der Waals surface area contributed by atoms with E-state index < -0.39 is 0 Å². The molecule has 72 valence electrons. The summed E-state index contributed by atoms with van der Waals surface area (Å²) in [6.45, 7) is 6.41. The molecule has 0 aliphatic heterocycles. The number of amides is 1. The average Bonchev–Trinajstić information content (AvgIpc) is 2.52. The Morgan fingerprint density at radius 1 is 1.69 bits per heavy atom. The highest BCUT2D eigenvalue weighted by Crippen LogP contribution is 2.18. The number of hydrogen-bond donors (Lipinski definition) is 1. The topological polar surface area (TPSA) is 55.1 Å². The number of nitrogens with zero attached hydrogens (tertiary/aromatic N) is 1. The molecule has 4 nitrogen and oxygen atoms in total. The van der Waals surface area contributed by atoms with Gasteiger partial charge in [0.2, 0.25) is 0 Å². The maximum atomic E-state index is 11.4. The maximum absolute atomic E-state index is 11.4. The molecule has 0 unspecified atom stereocenters. The first-order chi connectivity index (χ1) is 6.16. The third-order valence-electron chi connectivity index (χ3n) is 1.70. The van der Waals surface area contributed by atoms with Gasteiger partial charge in [-0.15, -0.1) is 0 Å². The monoisotopic (exact) mass is 182 g/mol. The van der Waals surface area contributed by atoms with Gasteiger partial charge >= 0.3 is 0 Å². The first-order valence-electron chi connectivity index (χ1n) is 4.39. The lowest BCUT2D eigenvalue weighted by Gasteiger charge is -2.03. The van der Waals surface area contributed by atoms with Crippen LogP contribution in [0.15, 0.2) is 10.7 Å². The summed E-state index contributed by atoms with van der Waals surface area (Å²) in [7, 11) is 0. The van der Waals surface area contributed by atoms with Crippen molar-refractivity contribution < 1.29 is 9.32 Å². The van der Waals surface area contributed by atoms with Gasteiger partial charge in [-0.2, -0.15) is 0 Å². The van der Waals surface area contributed by atoms with Crippen molar-refractivity contribution in [2.45, 2.75) is 26.7 Å². The second kappa shape index (κ2) is 4.07. The van der Waals surface area contributed by atoms with Crippen molar-refractivity contribution in [3.8, 4) is 0 Å². The van der Waals surface area contributed by atoms with E-state index in [1.54, 1.807) is 0 Å². The quantitative estimate of drug-likeness (QED) is 0.771. The van der Waals surface area contributed by atoms with Gasteiger partial charge in [-0.1, -0.05) is 19.0 Å². The van der Waals surface area contributed by atoms with Crippen LogP contribution < -0.4 is 5.32 Å². The van der Waals surface area contributed by atoms with E-state index in [0.29, 0.717) is 17.9 Å². The summed E-state index contributed by atoms with van der Waals surface area (Å²) < 4.78 is 4.98. The molecule has 0 saturated carbocycles. The summed E-state index contributed by atoms with van der Waals surface area (Å²) in [6, 6.07) is 0. The second-order valence-corrected chi connectivity index (χ2v) is 3.12. The number of rotatable bonds is 3. The summed E-state index contributed by atoms with van der Waals surface area (Å²) in [5, 5.41) is 6.32. The van der Waals surface area contributed by atoms with Gasteiger partial charge in [-0.25, -0.2) is 0 Å². The van der Waals surface area contributed by atoms with Gasteiger partial charge < -0.3 is 9.84 Å². The van der Waals surface area contributed by atoms with Gasteiger partial charge in [0.25, 0.3) is 5.91 Å². The summed E-state index contributed by atoms with van der Waals surface area (Å²) in [5.74, 6) is 0.707. The van der Waals surface area contributed by atoms with Crippen LogP contribution in [0.2, 0.25) is 0 Å². The third kappa shape index (κ3) is 2.08. The van der Waals surface area contributed by atoms with Gasteiger partial charge in [0, 0.05) is 12.5 Å². The molecule has 1 aromatic rings. The summed E-state index contributed by atoms with van der Waals surface area (Å²) in [4.78, 5) is 11.4. The molecule has 4 heteroatoms. The Kier molecular flexibility index (Phi) is 3.06. The fraction of sp³-hybridized carbons (Fsp3) is 0.556. The smallest absolute Gasteiger partial charge is 0.256 e. The minimum atomic E-state index is -0.118. The molecular formula is C9H14N2O2. The Labute approximate surface area is 77.3 Å². The minimum Gasteiger partial charge on any atom is -0.360 e. The first kappa shape index (κ1) is 9.77. The zero-order valence-corrected chi connectivity index (χ0v) is 8.13. The van der Waals surface area contributed by atoms with Crippen LogP contribution in [-0.4, -0.2) is 17.6 Å². The maximum Gasteiger partial charge on any atom is 0.256 e. The largest absolute Gasteiger partial charge is 0.360 e. The highest BCUT2D eigenvalue weighted by Gasteiger charge is 2.17. The zero-order chi connectivity index (χ0) is 9.84. The molecule has 0 fully saturated rings. The molecule has 0 bridgehead atoms. The molecule has 0 aliphatic rings. The van der Waals surface area contributed by atoms with Crippen LogP contribution in [-0.2, 0) is 0 Å². The molecule has 0 atom stereocenters. The van der Waals surface area contributed by atoms with Crippen molar-refractivity contribution >= 4 is 5.91 Å². The molecule has 13 heavy (non-hydrogen) atoms. The van der Waals surface area contributed by atoms with Crippen LogP contribution in [0.5, 0.6) is 0 Å². The Morgan fingerprint density at radius 3 is 2.92 bits per heavy atom. The van der Waals surface area contributed by atoms with Crippen molar-refractivity contribution in [3.05, 3.63) is 17.5 Å². The summed E-state index contributed by atoms with van der Waals surface area (Å²) in [5.41, 5.74) is 0.539. The average molecular weight is 182 g/mol. The lowest BCUT2D eigenvalue weighted by Crippen LogP contribution is -2.23. The Balaban J connectivity index is 2.87. The van der Waals surface area contributed by atoms with E-state index in [-0.39, 0.29) is 11.8 Å². The molecule has 0 aromatic carbocycles. The molecule has 1 heterocycles. The van der Waals surface area contributed by atoms with Crippen LogP contribution >= 0.6 is 0 Å². The normalized spacial score (nSPS) is 10.5. The lowest BCUT2D eigenvalue weighted by atomic mass is 10.1. The standard InChI is InChI=1S/C9H14N2O2/c1-4-10-9(12)7-5-11-13-8(7)6(2)3/h5-6H,4H2,1-3H3,(H,10,12). The van der Waals surface area contributed by atoms with Crippen LogP contribution in [0.4, 0.5) is 0 Å². The minimum absolute atomic E-state index is 0.118. The van der Waals surface area contributed by atoms with Gasteiger partial charge in [-0.05, 0) is 6.92 Å². The molecule has 0 radical (unpaired) electrons. The SMILES string of the molecule is CCNC(=O)c1cnoc1C(C)C. The molecule has 1 rings (SSSR count). The van der Waals surface area contributed by atoms with Gasteiger partial charge in [0.05, 0.1) is 6.20 Å². The van der Waals surface area contributed by atoms with Crippen molar-refractivity contribution in [2.24, 2.45) is 0 Å². The number of aromatic nitrogens is 1. The van der Waals surface area contributed by atoms with Crippen molar-refractivity contribution in [1.82, 2.24) is 10.5 Å². The Morgan fingerprint density at radius 2 is 2.38 bits per heavy atom. The van der Waals surface area contributed by atoms with E-state index in [1.807, 2.05) is 20.8 Å². The van der Waals surface area contributed by atoms with Crippen molar-refractivity contribution in [3.63, 3.8) is 0 Å². The Hall–Kier alpha value is -1.32. The Bertz CT molecular complexity index is 292. The third-order valence-corrected chi connectivity index (χ3v) is 1.70. The van der Waals surface area contributed by atoms with Gasteiger partial charge in [-0.3, -0.25) is 4.79 Å². The van der Waals surface area contributed by atoms with E-state index in [4.69, 9.17) is 4.52 Å². The molecule has 1 aromatic heterocycles. The first-order valence-corrected chi connectivity index (χ1v) is 4.39. The molecule has 1 amide bonds. The van der Waals surface area contributed by atoms with Crippen molar-refractivity contribution in [1.29, 1.82) is 0 Å². The van der Waals surface area contributed by atoms with E-state index in [9.17, 15) is 4.79 Å². The molecule has 0 aliphatic carbocycles. The summed E-state index contributed by atoms with van der Waals surface area (Å²) in [6.07, 6.45) is 1.46. The molecule has 0 saturated heterocycles. The lowest BCUT2D eigenvalue weighted by molar-refractivity contribution is 0.0953. The fourth-order valence-corrected chi connectivity index (χ4v) is 1.09. The molecule has 0 spiro atoms. The summed E-state index contributed by atoms with van der Waals surface area (Å²) >= 11 is 0. The van der Waals surface area contributed by atoms with Crippen LogP contribution in [0.1, 0.15) is 42.8 Å². The number of carbonyl (C=O) groups excluding carboxylic acids is 1. The number of hydrogen-bond acceptors (Lipinski definition) is 3. The van der Waals surface area contributed by atoms with Crippen LogP contribution in [0.25, 0.3) is 0 Å². The highest BCUT2D eigenvalue weighted by molar-refractivity contribution is 5.94. The van der Waals surface area contributed by atoms with E-state index in [2.05, 4.69) is 10.5 Å². The molecule has 1 N–H and O–H groups in total. The van der Waals surface area contributed by atoms with E-state index >= 15 is 0 Å². The molecular weight excluding hydrogens is 168 g/mol. The predicted molar refractivity (Wildman–Crippen MR) is 48.6 cm³/mol. The zero-order valence-electron chi connectivity index (χ0n) is 8.13. The van der Waals surface area contributed by atoms with Gasteiger partial charge in [0.15, 0.2) is 5.76 Å². The second-order valence-electron chi connectivity index (χ2n) is 3.12. The highest BCUT2D eigenvalue weighted by atomic mass is 16.5. The number of carbonyl (C=O) groups is 1. The predicted octanol–water partition coefficient (Wildman–Crippen LogP) is 1.55.